The SMILES string of the molecule is CCOC(=O)c1cc(NC(=O)C(C)Oc2cccc3ccccc23)ccc1Cl. The molecule has 1 atom stereocenters. The maximum absolute atomic E-state index is 12.6. The summed E-state index contributed by atoms with van der Waals surface area (Å²) < 4.78 is 10.8. The molecule has 6 heteroatoms. The Kier molecular flexibility index (Phi) is 6.16. The topological polar surface area (TPSA) is 64.6 Å². The second kappa shape index (κ2) is 8.76. The van der Waals surface area contributed by atoms with Gasteiger partial charge in [0.05, 0.1) is 17.2 Å². The van der Waals surface area contributed by atoms with E-state index in [-0.39, 0.29) is 23.1 Å². The fourth-order valence-electron chi connectivity index (χ4n) is 2.75. The van der Waals surface area contributed by atoms with Gasteiger partial charge in [-0.05, 0) is 43.5 Å². The minimum Gasteiger partial charge on any atom is -0.480 e. The molecule has 28 heavy (non-hydrogen) atoms. The minimum atomic E-state index is -0.743. The third-order valence-electron chi connectivity index (χ3n) is 4.15. The monoisotopic (exact) mass is 397 g/mol. The zero-order valence-corrected chi connectivity index (χ0v) is 16.3. The number of carbonyl (C=O) groups is 2. The van der Waals surface area contributed by atoms with Gasteiger partial charge in [0, 0.05) is 11.1 Å². The lowest BCUT2D eigenvalue weighted by Gasteiger charge is -2.16. The zero-order valence-electron chi connectivity index (χ0n) is 15.6. The van der Waals surface area contributed by atoms with Crippen LogP contribution in [0.2, 0.25) is 5.02 Å². The summed E-state index contributed by atoms with van der Waals surface area (Å²) in [5, 5.41) is 4.97. The molecule has 0 heterocycles. The van der Waals surface area contributed by atoms with Gasteiger partial charge in [0.25, 0.3) is 5.91 Å². The summed E-state index contributed by atoms with van der Waals surface area (Å²) in [7, 11) is 0. The van der Waals surface area contributed by atoms with Gasteiger partial charge >= 0.3 is 5.97 Å². The van der Waals surface area contributed by atoms with Gasteiger partial charge in [0.1, 0.15) is 5.75 Å². The number of benzene rings is 3. The Labute approximate surface area is 168 Å². The molecule has 0 fully saturated rings. The van der Waals surface area contributed by atoms with Crippen LogP contribution in [0.15, 0.2) is 60.7 Å². The number of carbonyl (C=O) groups excluding carboxylic acids is 2. The van der Waals surface area contributed by atoms with Gasteiger partial charge in [0.15, 0.2) is 6.10 Å². The Balaban J connectivity index is 1.74. The summed E-state index contributed by atoms with van der Waals surface area (Å²) in [6.45, 7) is 3.62. The Bertz CT molecular complexity index is 1010. The van der Waals surface area contributed by atoms with Crippen LogP contribution < -0.4 is 10.1 Å². The van der Waals surface area contributed by atoms with Crippen LogP contribution in [0.1, 0.15) is 24.2 Å². The molecular formula is C22H20ClNO4. The van der Waals surface area contributed by atoms with Crippen LogP contribution in [0.25, 0.3) is 10.8 Å². The zero-order chi connectivity index (χ0) is 20.1. The predicted molar refractivity (Wildman–Crippen MR) is 110 cm³/mol. The molecule has 0 spiro atoms. The van der Waals surface area contributed by atoms with E-state index < -0.39 is 12.1 Å². The van der Waals surface area contributed by atoms with Gasteiger partial charge < -0.3 is 14.8 Å². The second-order valence-electron chi connectivity index (χ2n) is 6.14. The highest BCUT2D eigenvalue weighted by Crippen LogP contribution is 2.26. The number of fused-ring (bicyclic) bond motifs is 1. The molecule has 144 valence electrons. The largest absolute Gasteiger partial charge is 0.480 e. The van der Waals surface area contributed by atoms with Gasteiger partial charge in [-0.1, -0.05) is 48.0 Å². The Morgan fingerprint density at radius 2 is 1.82 bits per heavy atom. The molecule has 0 aliphatic rings. The predicted octanol–water partition coefficient (Wildman–Crippen LogP) is 5.08. The van der Waals surface area contributed by atoms with Crippen molar-refractivity contribution < 1.29 is 19.1 Å². The number of amides is 1. The van der Waals surface area contributed by atoms with E-state index in [9.17, 15) is 9.59 Å². The third-order valence-corrected chi connectivity index (χ3v) is 4.48. The van der Waals surface area contributed by atoms with E-state index >= 15 is 0 Å². The van der Waals surface area contributed by atoms with E-state index in [2.05, 4.69) is 5.32 Å². The lowest BCUT2D eigenvalue weighted by molar-refractivity contribution is -0.122. The first kappa shape index (κ1) is 19.7. The highest BCUT2D eigenvalue weighted by atomic mass is 35.5. The standard InChI is InChI=1S/C22H20ClNO4/c1-3-27-22(26)18-13-16(11-12-19(18)23)24-21(25)14(2)28-20-10-6-8-15-7-4-5-9-17(15)20/h4-14H,3H2,1-2H3,(H,24,25). The van der Waals surface area contributed by atoms with E-state index in [0.717, 1.165) is 10.8 Å². The van der Waals surface area contributed by atoms with Gasteiger partial charge in [-0.2, -0.15) is 0 Å². The normalized spacial score (nSPS) is 11.7. The number of nitrogens with one attached hydrogen (secondary N) is 1. The van der Waals surface area contributed by atoms with Gasteiger partial charge in [-0.15, -0.1) is 0 Å². The number of rotatable bonds is 6. The molecule has 0 aliphatic heterocycles. The average molecular weight is 398 g/mol. The Morgan fingerprint density at radius 3 is 2.61 bits per heavy atom. The number of halogens is 1. The van der Waals surface area contributed by atoms with Crippen LogP contribution in [-0.4, -0.2) is 24.6 Å². The van der Waals surface area contributed by atoms with Crippen LogP contribution in [0.4, 0.5) is 5.69 Å². The first-order valence-electron chi connectivity index (χ1n) is 8.91. The van der Waals surface area contributed by atoms with Crippen LogP contribution in [0.5, 0.6) is 5.75 Å². The Morgan fingerprint density at radius 1 is 1.07 bits per heavy atom. The van der Waals surface area contributed by atoms with Crippen LogP contribution in [-0.2, 0) is 9.53 Å². The summed E-state index contributed by atoms with van der Waals surface area (Å²) in [5.41, 5.74) is 0.634. The lowest BCUT2D eigenvalue weighted by Crippen LogP contribution is -2.30. The van der Waals surface area contributed by atoms with E-state index in [1.807, 2.05) is 42.5 Å². The molecule has 0 saturated heterocycles. The quantitative estimate of drug-likeness (QED) is 0.589. The van der Waals surface area contributed by atoms with Crippen molar-refractivity contribution in [1.82, 2.24) is 0 Å². The molecule has 0 saturated carbocycles. The molecule has 1 unspecified atom stereocenters. The van der Waals surface area contributed by atoms with Gasteiger partial charge in [0.2, 0.25) is 0 Å². The van der Waals surface area contributed by atoms with E-state index in [1.54, 1.807) is 26.0 Å². The fraction of sp³-hybridized carbons (Fsp3) is 0.182. The maximum Gasteiger partial charge on any atom is 0.339 e. The minimum absolute atomic E-state index is 0.198. The highest BCUT2D eigenvalue weighted by molar-refractivity contribution is 6.33. The molecule has 1 amide bonds. The van der Waals surface area contributed by atoms with Crippen molar-refractivity contribution in [3.8, 4) is 5.75 Å². The second-order valence-corrected chi connectivity index (χ2v) is 6.55. The maximum atomic E-state index is 12.6. The summed E-state index contributed by atoms with van der Waals surface area (Å²) >= 11 is 6.05. The Hall–Kier alpha value is -3.05. The van der Waals surface area contributed by atoms with Crippen LogP contribution in [0, 0.1) is 0 Å². The van der Waals surface area contributed by atoms with E-state index in [4.69, 9.17) is 21.1 Å². The number of esters is 1. The first-order chi connectivity index (χ1) is 13.5. The third kappa shape index (κ3) is 4.43. The number of anilines is 1. The van der Waals surface area contributed by atoms with Crippen molar-refractivity contribution in [2.75, 3.05) is 11.9 Å². The van der Waals surface area contributed by atoms with Gasteiger partial charge in [-0.3, -0.25) is 4.79 Å². The van der Waals surface area contributed by atoms with Crippen molar-refractivity contribution in [3.05, 3.63) is 71.2 Å². The van der Waals surface area contributed by atoms with Crippen molar-refractivity contribution in [3.63, 3.8) is 0 Å². The smallest absolute Gasteiger partial charge is 0.339 e. The van der Waals surface area contributed by atoms with Crippen LogP contribution >= 0.6 is 11.6 Å². The molecule has 3 rings (SSSR count). The highest BCUT2D eigenvalue weighted by Gasteiger charge is 2.18. The molecule has 3 aromatic carbocycles. The van der Waals surface area contributed by atoms with Crippen molar-refractivity contribution in [2.24, 2.45) is 0 Å². The first-order valence-corrected chi connectivity index (χ1v) is 9.29. The van der Waals surface area contributed by atoms with E-state index in [1.165, 1.54) is 6.07 Å². The molecule has 0 bridgehead atoms. The summed E-state index contributed by atoms with van der Waals surface area (Å²) in [6, 6.07) is 18.1. The average Bonchev–Trinajstić information content (AvgIpc) is 2.69. The molecule has 0 radical (unpaired) electrons. The lowest BCUT2D eigenvalue weighted by atomic mass is 10.1. The van der Waals surface area contributed by atoms with E-state index in [0.29, 0.717) is 11.4 Å². The summed E-state index contributed by atoms with van der Waals surface area (Å²) in [4.78, 5) is 24.5. The summed E-state index contributed by atoms with van der Waals surface area (Å²) in [6.07, 6.45) is -0.743. The van der Waals surface area contributed by atoms with Crippen molar-refractivity contribution in [1.29, 1.82) is 0 Å². The molecule has 0 aliphatic carbocycles. The fourth-order valence-corrected chi connectivity index (χ4v) is 2.95. The summed E-state index contributed by atoms with van der Waals surface area (Å²) in [5.74, 6) is -0.252. The van der Waals surface area contributed by atoms with Crippen molar-refractivity contribution >= 4 is 39.9 Å². The molecule has 0 aromatic heterocycles. The van der Waals surface area contributed by atoms with Gasteiger partial charge in [-0.25, -0.2) is 4.79 Å². The molecule has 1 N–H and O–H groups in total. The number of hydrogen-bond acceptors (Lipinski definition) is 4. The molecule has 3 aromatic rings. The number of hydrogen-bond donors (Lipinski definition) is 1. The molecule has 5 nitrogen and oxygen atoms in total. The van der Waals surface area contributed by atoms with Crippen molar-refractivity contribution in [2.45, 2.75) is 20.0 Å². The van der Waals surface area contributed by atoms with Crippen LogP contribution in [0.3, 0.4) is 0 Å². The molecular weight excluding hydrogens is 378 g/mol. The number of ether oxygens (including phenoxy) is 2.